The van der Waals surface area contributed by atoms with Crippen LogP contribution in [0.5, 0.6) is 5.75 Å². The van der Waals surface area contributed by atoms with Crippen molar-refractivity contribution in [2.45, 2.75) is 59.3 Å². The molecule has 6 heteroatoms. The highest BCUT2D eigenvalue weighted by atomic mass is 16.3. The molecule has 0 bridgehead atoms. The number of nitrogens with one attached hydrogen (secondary N) is 1. The molecule has 36 heavy (non-hydrogen) atoms. The van der Waals surface area contributed by atoms with Crippen LogP contribution in [0, 0.1) is 11.8 Å². The number of nitrogens with zero attached hydrogens (tertiary/aromatic N) is 2. The number of allylic oxidation sites excluding steroid dienone is 5. The topological polar surface area (TPSA) is 95.3 Å². The van der Waals surface area contributed by atoms with E-state index >= 15 is 0 Å². The molecule has 0 saturated carbocycles. The summed E-state index contributed by atoms with van der Waals surface area (Å²) >= 11 is 0. The molecule has 0 fully saturated rings. The number of carbonyl (C=O) groups is 1. The highest BCUT2D eigenvalue weighted by Crippen LogP contribution is 2.31. The number of phenols is 1. The van der Waals surface area contributed by atoms with E-state index in [4.69, 9.17) is 4.98 Å². The van der Waals surface area contributed by atoms with Crippen LogP contribution < -0.4 is 5.32 Å². The Labute approximate surface area is 214 Å². The van der Waals surface area contributed by atoms with Crippen molar-refractivity contribution in [3.05, 3.63) is 83.9 Å². The van der Waals surface area contributed by atoms with E-state index in [1.807, 2.05) is 19.1 Å². The van der Waals surface area contributed by atoms with Gasteiger partial charge in [0.25, 0.3) is 0 Å². The summed E-state index contributed by atoms with van der Waals surface area (Å²) < 4.78 is 0. The smallest absolute Gasteiger partial charge is 0.229 e. The van der Waals surface area contributed by atoms with E-state index in [1.165, 1.54) is 17.7 Å². The number of rotatable bonds is 8. The Hall–Kier alpha value is -3.67. The SMILES string of the molecule is C=C/C(O)=C\C=C(/C)CC(=O)Nc1ncc(-c2ccc(O)cc2)nc1CC1CC/C=C(\C)CC(C)C1. The quantitative estimate of drug-likeness (QED) is 0.210. The zero-order valence-corrected chi connectivity index (χ0v) is 21.5. The maximum Gasteiger partial charge on any atom is 0.229 e. The maximum atomic E-state index is 12.8. The maximum absolute atomic E-state index is 12.8. The number of aromatic hydroxyl groups is 1. The second-order valence-corrected chi connectivity index (χ2v) is 9.87. The van der Waals surface area contributed by atoms with Crippen molar-refractivity contribution in [3.8, 4) is 17.0 Å². The van der Waals surface area contributed by atoms with Crippen molar-refractivity contribution in [2.24, 2.45) is 11.8 Å². The first-order valence-electron chi connectivity index (χ1n) is 12.5. The zero-order valence-electron chi connectivity index (χ0n) is 21.5. The third kappa shape index (κ3) is 8.22. The first kappa shape index (κ1) is 26.9. The number of aromatic nitrogens is 2. The van der Waals surface area contributed by atoms with Crippen molar-refractivity contribution >= 4 is 11.7 Å². The summed E-state index contributed by atoms with van der Waals surface area (Å²) in [5, 5.41) is 22.1. The Bertz CT molecular complexity index is 1160. The number of phenolic OH excluding ortho intramolecular Hbond substituents is 1. The number of hydrogen-bond acceptors (Lipinski definition) is 5. The van der Waals surface area contributed by atoms with Gasteiger partial charge in [-0.25, -0.2) is 9.97 Å². The Balaban J connectivity index is 1.85. The lowest BCUT2D eigenvalue weighted by Gasteiger charge is -2.24. The van der Waals surface area contributed by atoms with Crippen LogP contribution in [0.4, 0.5) is 5.82 Å². The zero-order chi connectivity index (χ0) is 26.1. The molecule has 1 aliphatic carbocycles. The lowest BCUT2D eigenvalue weighted by Crippen LogP contribution is -2.18. The molecule has 2 unspecified atom stereocenters. The van der Waals surface area contributed by atoms with Gasteiger partial charge in [0.15, 0.2) is 5.82 Å². The van der Waals surface area contributed by atoms with Gasteiger partial charge >= 0.3 is 0 Å². The van der Waals surface area contributed by atoms with Gasteiger partial charge in [0.1, 0.15) is 11.5 Å². The minimum Gasteiger partial charge on any atom is -0.508 e. The molecule has 0 saturated heterocycles. The average molecular weight is 488 g/mol. The van der Waals surface area contributed by atoms with Gasteiger partial charge in [-0.15, -0.1) is 0 Å². The number of benzene rings is 1. The molecule has 190 valence electrons. The summed E-state index contributed by atoms with van der Waals surface area (Å²) in [4.78, 5) is 22.3. The molecule has 1 aliphatic rings. The van der Waals surface area contributed by atoms with Gasteiger partial charge in [-0.2, -0.15) is 0 Å². The summed E-state index contributed by atoms with van der Waals surface area (Å²) in [6, 6.07) is 6.89. The average Bonchev–Trinajstić information content (AvgIpc) is 2.82. The summed E-state index contributed by atoms with van der Waals surface area (Å²) in [6.45, 7) is 9.85. The van der Waals surface area contributed by atoms with Crippen LogP contribution in [-0.4, -0.2) is 26.1 Å². The highest BCUT2D eigenvalue weighted by molar-refractivity contribution is 5.92. The van der Waals surface area contributed by atoms with Crippen LogP contribution >= 0.6 is 0 Å². The third-order valence-electron chi connectivity index (χ3n) is 6.41. The lowest BCUT2D eigenvalue weighted by molar-refractivity contribution is -0.115. The van der Waals surface area contributed by atoms with Crippen molar-refractivity contribution in [1.82, 2.24) is 9.97 Å². The number of amides is 1. The van der Waals surface area contributed by atoms with Gasteiger partial charge < -0.3 is 15.5 Å². The Morgan fingerprint density at radius 3 is 2.72 bits per heavy atom. The fraction of sp³-hybridized carbons (Fsp3) is 0.367. The molecule has 0 radical (unpaired) electrons. The van der Waals surface area contributed by atoms with Crippen LogP contribution in [0.1, 0.15) is 58.6 Å². The van der Waals surface area contributed by atoms with E-state index in [2.05, 4.69) is 36.8 Å². The molecule has 0 aliphatic heterocycles. The first-order chi connectivity index (χ1) is 17.2. The van der Waals surface area contributed by atoms with Gasteiger partial charge in [-0.05, 0) is 94.2 Å². The second-order valence-electron chi connectivity index (χ2n) is 9.87. The lowest BCUT2D eigenvalue weighted by atomic mass is 9.83. The molecule has 1 amide bonds. The van der Waals surface area contributed by atoms with Gasteiger partial charge in [-0.1, -0.05) is 36.8 Å². The number of aliphatic hydroxyl groups excluding tert-OH is 1. The number of hydrogen-bond donors (Lipinski definition) is 3. The van der Waals surface area contributed by atoms with Crippen LogP contribution in [-0.2, 0) is 11.2 Å². The standard InChI is InChI=1S/C30H37N3O3/c1-5-25(34)12-9-21(3)17-29(36)33-30-27(18-23-8-6-7-20(2)15-22(4)16-23)32-28(19-31-30)24-10-13-26(35)14-11-24/h5,7,9-14,19,22-23,34-35H,1,6,8,15-18H2,2-4H3,(H,31,33,36)/b20-7+,21-9+,25-12+. The van der Waals surface area contributed by atoms with E-state index in [0.29, 0.717) is 23.3 Å². The molecule has 2 aromatic rings. The molecular formula is C30H37N3O3. The van der Waals surface area contributed by atoms with Crippen molar-refractivity contribution in [3.63, 3.8) is 0 Å². The van der Waals surface area contributed by atoms with E-state index in [0.717, 1.165) is 48.9 Å². The van der Waals surface area contributed by atoms with Gasteiger partial charge in [-0.3, -0.25) is 4.79 Å². The number of aliphatic hydroxyl groups is 1. The van der Waals surface area contributed by atoms with Crippen LogP contribution in [0.25, 0.3) is 11.3 Å². The predicted octanol–water partition coefficient (Wildman–Crippen LogP) is 7.07. The van der Waals surface area contributed by atoms with Crippen LogP contribution in [0.2, 0.25) is 0 Å². The first-order valence-corrected chi connectivity index (χ1v) is 12.5. The summed E-state index contributed by atoms with van der Waals surface area (Å²) in [5.41, 5.74) is 4.60. The monoisotopic (exact) mass is 487 g/mol. The van der Waals surface area contributed by atoms with Crippen LogP contribution in [0.15, 0.2) is 78.3 Å². The number of anilines is 1. The molecule has 3 N–H and O–H groups in total. The fourth-order valence-electron chi connectivity index (χ4n) is 4.66. The second kappa shape index (κ2) is 12.9. The molecule has 6 nitrogen and oxygen atoms in total. The Morgan fingerprint density at radius 1 is 1.25 bits per heavy atom. The molecule has 1 aromatic heterocycles. The molecule has 0 spiro atoms. The van der Waals surface area contributed by atoms with E-state index in [-0.39, 0.29) is 23.8 Å². The van der Waals surface area contributed by atoms with Crippen LogP contribution in [0.3, 0.4) is 0 Å². The Morgan fingerprint density at radius 2 is 2.00 bits per heavy atom. The Kier molecular flexibility index (Phi) is 9.62. The molecule has 1 heterocycles. The van der Waals surface area contributed by atoms with Crippen molar-refractivity contribution in [1.29, 1.82) is 0 Å². The molecule has 2 atom stereocenters. The summed E-state index contributed by atoms with van der Waals surface area (Å²) in [5.74, 6) is 1.58. The normalized spacial score (nSPS) is 20.6. The van der Waals surface area contributed by atoms with E-state index in [9.17, 15) is 15.0 Å². The van der Waals surface area contributed by atoms with E-state index in [1.54, 1.807) is 24.4 Å². The minimum absolute atomic E-state index is 0.0474. The highest BCUT2D eigenvalue weighted by Gasteiger charge is 2.21. The third-order valence-corrected chi connectivity index (χ3v) is 6.41. The number of carbonyl (C=O) groups excluding carboxylic acids is 1. The van der Waals surface area contributed by atoms with E-state index < -0.39 is 0 Å². The predicted molar refractivity (Wildman–Crippen MR) is 146 cm³/mol. The van der Waals surface area contributed by atoms with Crippen molar-refractivity contribution < 1.29 is 15.0 Å². The summed E-state index contributed by atoms with van der Waals surface area (Å²) in [6.07, 6.45) is 13.8. The minimum atomic E-state index is -0.187. The largest absolute Gasteiger partial charge is 0.508 e. The van der Waals surface area contributed by atoms with Gasteiger partial charge in [0.2, 0.25) is 5.91 Å². The molecular weight excluding hydrogens is 450 g/mol. The fourth-order valence-corrected chi connectivity index (χ4v) is 4.66. The molecule has 1 aromatic carbocycles. The van der Waals surface area contributed by atoms with Crippen molar-refractivity contribution in [2.75, 3.05) is 5.32 Å². The summed E-state index contributed by atoms with van der Waals surface area (Å²) in [7, 11) is 0. The molecule has 3 rings (SSSR count). The van der Waals surface area contributed by atoms with Gasteiger partial charge in [0.05, 0.1) is 17.6 Å². The van der Waals surface area contributed by atoms with Gasteiger partial charge in [0, 0.05) is 12.0 Å².